The summed E-state index contributed by atoms with van der Waals surface area (Å²) in [6.45, 7) is 2.37. The summed E-state index contributed by atoms with van der Waals surface area (Å²) in [5.41, 5.74) is 2.18. The zero-order chi connectivity index (χ0) is 30.7. The van der Waals surface area contributed by atoms with E-state index in [2.05, 4.69) is 10.1 Å². The van der Waals surface area contributed by atoms with Crippen molar-refractivity contribution in [2.45, 2.75) is 44.7 Å². The fourth-order valence-corrected chi connectivity index (χ4v) is 5.32. The van der Waals surface area contributed by atoms with Gasteiger partial charge in [-0.25, -0.2) is 0 Å². The Morgan fingerprint density at radius 3 is 2.42 bits per heavy atom. The molecule has 2 aliphatic rings. The quantitative estimate of drug-likeness (QED) is 0.253. The number of hydrogen-bond acceptors (Lipinski definition) is 7. The monoisotopic (exact) mass is 618 g/mol. The average molecular weight is 619 g/mol. The lowest BCUT2D eigenvalue weighted by Gasteiger charge is -2.33. The number of carbonyl (C=O) groups is 2. The van der Waals surface area contributed by atoms with Crippen LogP contribution in [-0.2, 0) is 20.7 Å². The minimum absolute atomic E-state index is 0.183. The molecule has 0 aromatic heterocycles. The van der Waals surface area contributed by atoms with Crippen molar-refractivity contribution in [3.8, 4) is 17.2 Å². The number of benzene rings is 3. The highest BCUT2D eigenvalue weighted by Crippen LogP contribution is 2.38. The van der Waals surface area contributed by atoms with Crippen LogP contribution in [0.1, 0.15) is 36.9 Å². The van der Waals surface area contributed by atoms with Crippen molar-refractivity contribution in [1.82, 2.24) is 0 Å². The van der Waals surface area contributed by atoms with Crippen molar-refractivity contribution in [2.24, 2.45) is 5.92 Å². The molecule has 1 aliphatic carbocycles. The van der Waals surface area contributed by atoms with Crippen molar-refractivity contribution in [3.05, 3.63) is 76.8 Å². The molecule has 1 N–H and O–H groups in total. The van der Waals surface area contributed by atoms with Gasteiger partial charge >= 0.3 is 12.3 Å². The molecule has 1 unspecified atom stereocenters. The summed E-state index contributed by atoms with van der Waals surface area (Å²) in [6, 6.07) is 14.9. The van der Waals surface area contributed by atoms with Gasteiger partial charge in [0.1, 0.15) is 29.4 Å². The van der Waals surface area contributed by atoms with Gasteiger partial charge in [-0.3, -0.25) is 9.59 Å². The molecule has 3 aromatic carbocycles. The summed E-state index contributed by atoms with van der Waals surface area (Å²) in [4.78, 5) is 27.5. The molecular weight excluding hydrogens is 589 g/mol. The van der Waals surface area contributed by atoms with Crippen LogP contribution in [-0.4, -0.2) is 44.6 Å². The van der Waals surface area contributed by atoms with Crippen LogP contribution in [0.3, 0.4) is 0 Å². The summed E-state index contributed by atoms with van der Waals surface area (Å²) in [5, 5.41) is 3.74. The van der Waals surface area contributed by atoms with Gasteiger partial charge in [0.15, 0.2) is 0 Å². The van der Waals surface area contributed by atoms with Crippen LogP contribution in [0.4, 0.5) is 24.5 Å². The van der Waals surface area contributed by atoms with E-state index < -0.39 is 18.2 Å². The third-order valence-electron chi connectivity index (χ3n) is 7.35. The Morgan fingerprint density at radius 1 is 1.02 bits per heavy atom. The molecule has 228 valence electrons. The van der Waals surface area contributed by atoms with E-state index >= 15 is 0 Å². The summed E-state index contributed by atoms with van der Waals surface area (Å²) < 4.78 is 59.4. The SMILES string of the molecule is CCOC(=O)C1CC(Oc2cc(NC(C(=O)N3CCc4ccc(OC(F)(F)F)cc43)c3ccc(Cl)cc3)cc(OC)c2)C1. The number of methoxy groups -OCH3 is 1. The molecule has 1 aliphatic heterocycles. The Hall–Kier alpha value is -4.12. The largest absolute Gasteiger partial charge is 0.573 e. The van der Waals surface area contributed by atoms with Crippen LogP contribution >= 0.6 is 11.6 Å². The molecule has 0 spiro atoms. The first-order valence-electron chi connectivity index (χ1n) is 13.8. The van der Waals surface area contributed by atoms with Crippen molar-refractivity contribution in [1.29, 1.82) is 0 Å². The second-order valence-electron chi connectivity index (χ2n) is 10.3. The van der Waals surface area contributed by atoms with Gasteiger partial charge in [0.25, 0.3) is 5.91 Å². The zero-order valence-electron chi connectivity index (χ0n) is 23.4. The van der Waals surface area contributed by atoms with Crippen LogP contribution in [0, 0.1) is 5.92 Å². The van der Waals surface area contributed by atoms with Gasteiger partial charge in [-0.2, -0.15) is 0 Å². The van der Waals surface area contributed by atoms with Crippen molar-refractivity contribution < 1.29 is 41.7 Å². The minimum Gasteiger partial charge on any atom is -0.497 e. The average Bonchev–Trinajstić information content (AvgIpc) is 3.36. The van der Waals surface area contributed by atoms with Gasteiger partial charge < -0.3 is 29.2 Å². The van der Waals surface area contributed by atoms with Crippen molar-refractivity contribution in [2.75, 3.05) is 30.5 Å². The Bertz CT molecular complexity index is 1480. The number of rotatable bonds is 10. The molecule has 0 radical (unpaired) electrons. The highest BCUT2D eigenvalue weighted by molar-refractivity contribution is 6.30. The predicted octanol–water partition coefficient (Wildman–Crippen LogP) is 6.71. The number of nitrogens with zero attached hydrogens (tertiary/aromatic N) is 1. The van der Waals surface area contributed by atoms with Crippen LogP contribution in [0.2, 0.25) is 5.02 Å². The fourth-order valence-electron chi connectivity index (χ4n) is 5.20. The normalized spacial score (nSPS) is 18.2. The highest BCUT2D eigenvalue weighted by atomic mass is 35.5. The first-order chi connectivity index (χ1) is 20.5. The molecule has 8 nitrogen and oxygen atoms in total. The minimum atomic E-state index is -4.86. The lowest BCUT2D eigenvalue weighted by molar-refractivity contribution is -0.274. The maximum Gasteiger partial charge on any atom is 0.573 e. The molecule has 0 saturated heterocycles. The topological polar surface area (TPSA) is 86.3 Å². The van der Waals surface area contributed by atoms with E-state index in [9.17, 15) is 22.8 Å². The lowest BCUT2D eigenvalue weighted by Crippen LogP contribution is -2.39. The van der Waals surface area contributed by atoms with E-state index in [1.54, 1.807) is 49.4 Å². The molecule has 5 rings (SSSR count). The van der Waals surface area contributed by atoms with Crippen LogP contribution in [0.5, 0.6) is 17.2 Å². The molecule has 1 atom stereocenters. The standard InChI is InChI=1S/C31H30ClF3N2O6/c1-3-41-30(39)20-12-25(13-20)42-26-15-22(14-24(16-26)40-2)36-28(19-4-7-21(32)8-5-19)29(38)37-11-10-18-6-9-23(17-27(18)37)43-31(33,34)35/h4-9,14-17,20,25,28,36H,3,10-13H2,1-2H3. The van der Waals surface area contributed by atoms with Crippen LogP contribution in [0.15, 0.2) is 60.7 Å². The number of amides is 1. The number of anilines is 2. The molecule has 3 aromatic rings. The lowest BCUT2D eigenvalue weighted by atomic mass is 9.82. The number of carbonyl (C=O) groups excluding carboxylic acids is 2. The molecule has 1 heterocycles. The predicted molar refractivity (Wildman–Crippen MR) is 154 cm³/mol. The number of hydrogen-bond donors (Lipinski definition) is 1. The molecule has 1 fully saturated rings. The van der Waals surface area contributed by atoms with Gasteiger partial charge in [0.2, 0.25) is 0 Å². The van der Waals surface area contributed by atoms with Gasteiger partial charge in [-0.05, 0) is 55.5 Å². The van der Waals surface area contributed by atoms with E-state index in [-0.39, 0.29) is 30.4 Å². The summed E-state index contributed by atoms with van der Waals surface area (Å²) in [7, 11) is 1.51. The van der Waals surface area contributed by atoms with Crippen LogP contribution < -0.4 is 24.4 Å². The summed E-state index contributed by atoms with van der Waals surface area (Å²) in [6.07, 6.45) is -3.51. The zero-order valence-corrected chi connectivity index (χ0v) is 24.2. The number of nitrogens with one attached hydrogen (secondary N) is 1. The third-order valence-corrected chi connectivity index (χ3v) is 7.60. The van der Waals surface area contributed by atoms with E-state index in [1.165, 1.54) is 30.2 Å². The van der Waals surface area contributed by atoms with E-state index in [1.807, 2.05) is 0 Å². The number of ether oxygens (including phenoxy) is 4. The molecule has 0 bridgehead atoms. The van der Waals surface area contributed by atoms with E-state index in [0.29, 0.717) is 59.3 Å². The van der Waals surface area contributed by atoms with Crippen molar-refractivity contribution in [3.63, 3.8) is 0 Å². The fraction of sp³-hybridized carbons (Fsp3) is 0.355. The first kappa shape index (κ1) is 30.3. The third kappa shape index (κ3) is 7.27. The maximum absolute atomic E-state index is 14.1. The number of alkyl halides is 3. The Kier molecular flexibility index (Phi) is 8.91. The highest BCUT2D eigenvalue weighted by Gasteiger charge is 2.38. The van der Waals surface area contributed by atoms with Gasteiger partial charge in [-0.1, -0.05) is 29.8 Å². The number of esters is 1. The van der Waals surface area contributed by atoms with Crippen LogP contribution in [0.25, 0.3) is 0 Å². The molecule has 43 heavy (non-hydrogen) atoms. The molecule has 1 amide bonds. The van der Waals surface area contributed by atoms with Gasteiger partial charge in [-0.15, -0.1) is 13.2 Å². The van der Waals surface area contributed by atoms with Gasteiger partial charge in [0, 0.05) is 41.5 Å². The molecule has 1 saturated carbocycles. The Balaban J connectivity index is 1.40. The second kappa shape index (κ2) is 12.6. The number of fused-ring (bicyclic) bond motifs is 1. The summed E-state index contributed by atoms with van der Waals surface area (Å²) >= 11 is 6.11. The second-order valence-corrected chi connectivity index (χ2v) is 10.7. The van der Waals surface area contributed by atoms with E-state index in [0.717, 1.165) is 5.56 Å². The van der Waals surface area contributed by atoms with E-state index in [4.69, 9.17) is 25.8 Å². The molecular formula is C31H30ClF3N2O6. The smallest absolute Gasteiger partial charge is 0.497 e. The Morgan fingerprint density at radius 2 is 1.74 bits per heavy atom. The first-order valence-corrected chi connectivity index (χ1v) is 14.1. The van der Waals surface area contributed by atoms with Crippen molar-refractivity contribution >= 4 is 34.9 Å². The Labute approximate surface area is 251 Å². The van der Waals surface area contributed by atoms with Gasteiger partial charge in [0.05, 0.1) is 25.3 Å². The number of halogens is 4. The summed E-state index contributed by atoms with van der Waals surface area (Å²) in [5.74, 6) is -0.267. The maximum atomic E-state index is 14.1. The molecule has 12 heteroatoms.